The molecular weight excluding hydrogens is 614 g/mol. The highest BCUT2D eigenvalue weighted by Gasteiger charge is 2.55. The summed E-state index contributed by atoms with van der Waals surface area (Å²) >= 11 is 0. The topological polar surface area (TPSA) is 129 Å². The van der Waals surface area contributed by atoms with Gasteiger partial charge in [-0.15, -0.1) is 0 Å². The van der Waals surface area contributed by atoms with Gasteiger partial charge in [0.15, 0.2) is 11.6 Å². The van der Waals surface area contributed by atoms with E-state index in [4.69, 9.17) is 14.2 Å². The van der Waals surface area contributed by atoms with Crippen molar-refractivity contribution in [1.29, 1.82) is 0 Å². The van der Waals surface area contributed by atoms with Crippen molar-refractivity contribution in [3.63, 3.8) is 0 Å². The summed E-state index contributed by atoms with van der Waals surface area (Å²) in [5.74, 6) is -3.75. The molecule has 0 saturated carbocycles. The lowest BCUT2D eigenvalue weighted by atomic mass is 9.66. The van der Waals surface area contributed by atoms with Crippen LogP contribution in [-0.2, 0) is 26.4 Å². The van der Waals surface area contributed by atoms with Crippen LogP contribution in [0.1, 0.15) is 92.1 Å². The molecular formula is C34H44F2N4O7. The van der Waals surface area contributed by atoms with Crippen molar-refractivity contribution in [3.05, 3.63) is 63.1 Å². The van der Waals surface area contributed by atoms with Gasteiger partial charge in [-0.1, -0.05) is 19.4 Å². The molecule has 1 fully saturated rings. The monoisotopic (exact) mass is 658 g/mol. The maximum absolute atomic E-state index is 14.4. The fourth-order valence-electron chi connectivity index (χ4n) is 6.49. The average Bonchev–Trinajstić information content (AvgIpc) is 3.12. The number of esters is 1. The van der Waals surface area contributed by atoms with Gasteiger partial charge in [-0.25, -0.2) is 8.78 Å². The zero-order valence-electron chi connectivity index (χ0n) is 27.9. The van der Waals surface area contributed by atoms with E-state index >= 15 is 0 Å². The van der Waals surface area contributed by atoms with E-state index in [9.17, 15) is 28.0 Å². The molecule has 0 spiro atoms. The predicted octanol–water partition coefficient (Wildman–Crippen LogP) is 4.59. The summed E-state index contributed by atoms with van der Waals surface area (Å²) < 4.78 is 45.7. The van der Waals surface area contributed by atoms with Crippen molar-refractivity contribution in [3.8, 4) is 5.75 Å². The third kappa shape index (κ3) is 7.24. The zero-order chi connectivity index (χ0) is 34.5. The van der Waals surface area contributed by atoms with Gasteiger partial charge < -0.3 is 29.0 Å². The largest absolute Gasteiger partial charge is 0.484 e. The van der Waals surface area contributed by atoms with Gasteiger partial charge in [0.25, 0.3) is 11.8 Å². The fourth-order valence-corrected chi connectivity index (χ4v) is 6.49. The Labute approximate surface area is 273 Å². The Morgan fingerprint density at radius 1 is 1.13 bits per heavy atom. The number of aromatic nitrogens is 1. The Bertz CT molecular complexity index is 1610. The molecule has 0 unspecified atom stereocenters. The van der Waals surface area contributed by atoms with E-state index in [0.717, 1.165) is 12.5 Å². The molecule has 47 heavy (non-hydrogen) atoms. The Kier molecular flexibility index (Phi) is 11.2. The van der Waals surface area contributed by atoms with Crippen molar-refractivity contribution < 1.29 is 37.4 Å². The second kappa shape index (κ2) is 14.7. The summed E-state index contributed by atoms with van der Waals surface area (Å²) in [6.07, 6.45) is 4.88. The van der Waals surface area contributed by atoms with Crippen LogP contribution < -0.4 is 15.5 Å². The van der Waals surface area contributed by atoms with Crippen molar-refractivity contribution in [2.75, 3.05) is 34.4 Å². The fraction of sp³-hybridized carbons (Fsp3) is 0.559. The zero-order valence-corrected chi connectivity index (χ0v) is 27.9. The lowest BCUT2D eigenvalue weighted by Crippen LogP contribution is -2.60. The van der Waals surface area contributed by atoms with Crippen LogP contribution in [0.15, 0.2) is 34.2 Å². The van der Waals surface area contributed by atoms with Crippen LogP contribution in [0.4, 0.5) is 8.78 Å². The van der Waals surface area contributed by atoms with E-state index in [0.29, 0.717) is 50.7 Å². The third-order valence-corrected chi connectivity index (χ3v) is 9.76. The first-order valence-corrected chi connectivity index (χ1v) is 15.8. The van der Waals surface area contributed by atoms with Gasteiger partial charge in [0.1, 0.15) is 17.2 Å². The number of aliphatic imine (C=N–C) groups is 1. The minimum atomic E-state index is -0.945. The van der Waals surface area contributed by atoms with Crippen LogP contribution in [0, 0.1) is 17.0 Å². The van der Waals surface area contributed by atoms with E-state index in [2.05, 4.69) is 10.3 Å². The lowest BCUT2D eigenvalue weighted by Gasteiger charge is -2.52. The molecule has 3 atom stereocenters. The number of nitrogens with zero attached hydrogens (tertiary/aromatic N) is 3. The Hall–Kier alpha value is -4.13. The molecule has 1 aromatic heterocycles. The number of benzene rings is 1. The molecule has 2 bridgehead atoms. The molecule has 2 aliphatic heterocycles. The highest BCUT2D eigenvalue weighted by Crippen LogP contribution is 2.51. The van der Waals surface area contributed by atoms with Crippen LogP contribution in [0.2, 0.25) is 0 Å². The number of pyridine rings is 1. The number of amides is 2. The van der Waals surface area contributed by atoms with Gasteiger partial charge in [-0.2, -0.15) is 0 Å². The van der Waals surface area contributed by atoms with Gasteiger partial charge in [0, 0.05) is 76.0 Å². The maximum atomic E-state index is 14.4. The number of fused-ring (bicyclic) bond motifs is 4. The first-order chi connectivity index (χ1) is 22.3. The summed E-state index contributed by atoms with van der Waals surface area (Å²) in [7, 11) is 4.75. The number of carbonyl (C=O) groups excluding carboxylic acids is 3. The molecule has 1 aromatic carbocycles. The van der Waals surface area contributed by atoms with Crippen molar-refractivity contribution in [2.24, 2.45) is 10.4 Å². The Morgan fingerprint density at radius 3 is 2.53 bits per heavy atom. The highest BCUT2D eigenvalue weighted by atomic mass is 19.1. The summed E-state index contributed by atoms with van der Waals surface area (Å²) in [6, 6.07) is 2.75. The summed E-state index contributed by atoms with van der Waals surface area (Å²) in [5.41, 5.74) is -2.99. The van der Waals surface area contributed by atoms with Crippen molar-refractivity contribution in [2.45, 2.75) is 83.8 Å². The Balaban J connectivity index is 1.85. The quantitative estimate of drug-likeness (QED) is 0.153. The first-order valence-electron chi connectivity index (χ1n) is 15.8. The van der Waals surface area contributed by atoms with Crippen LogP contribution >= 0.6 is 0 Å². The highest BCUT2D eigenvalue weighted by molar-refractivity contribution is 6.00. The molecule has 3 heterocycles. The molecule has 11 nitrogen and oxygen atoms in total. The standard InChI is InChI=1S/C34H44F2N4O7/c1-21-13-14-33(2,17-26(37-4)46-6)34(3)20-39(21)32(44)28-30(47-27(41)10-8-7-9-15-45-5)29(42)24(19-40(28)34)31(43)38-18-22-11-12-23(35)16-25(22)36/h11-12,16,19,21H,7-10,13-15,17-18,20H2,1-6H3,(H,38,43)/t21-,33+,34+/m0/s1. The van der Waals surface area contributed by atoms with E-state index in [1.165, 1.54) is 19.4 Å². The lowest BCUT2D eigenvalue weighted by molar-refractivity contribution is -0.134. The normalized spacial score (nSPS) is 22.4. The van der Waals surface area contributed by atoms with Crippen LogP contribution in [0.3, 0.4) is 0 Å². The molecule has 0 aliphatic carbocycles. The number of halogens is 2. The van der Waals surface area contributed by atoms with Crippen LogP contribution in [-0.4, -0.2) is 73.6 Å². The van der Waals surface area contributed by atoms with Crippen LogP contribution in [0.25, 0.3) is 0 Å². The van der Waals surface area contributed by atoms with Gasteiger partial charge >= 0.3 is 5.97 Å². The predicted molar refractivity (Wildman–Crippen MR) is 171 cm³/mol. The SMILES string of the molecule is CN=C(C[C@@]1(C)CC[C@H](C)N2C[C@@]1(C)n1cc(C(=O)NCc3ccc(F)cc3F)c(=O)c(OC(=O)CCCCCOC)c1C2=O)OC. The molecule has 1 N–H and O–H groups in total. The smallest absolute Gasteiger partial charge is 0.311 e. The summed E-state index contributed by atoms with van der Waals surface area (Å²) in [6.45, 7) is 6.37. The number of unbranched alkanes of at least 4 members (excludes halogenated alkanes) is 2. The molecule has 2 aliphatic rings. The number of rotatable bonds is 12. The van der Waals surface area contributed by atoms with Gasteiger partial charge in [-0.3, -0.25) is 24.2 Å². The molecule has 4 rings (SSSR count). The van der Waals surface area contributed by atoms with Gasteiger partial charge in [0.05, 0.1) is 12.6 Å². The number of hydrogen-bond donors (Lipinski definition) is 1. The number of methoxy groups -OCH3 is 2. The second-order valence-electron chi connectivity index (χ2n) is 12.8. The van der Waals surface area contributed by atoms with E-state index in [1.54, 1.807) is 23.6 Å². The molecule has 2 aromatic rings. The van der Waals surface area contributed by atoms with Crippen molar-refractivity contribution >= 4 is 23.7 Å². The van der Waals surface area contributed by atoms with E-state index in [-0.39, 0.29) is 36.8 Å². The van der Waals surface area contributed by atoms with Crippen LogP contribution in [0.5, 0.6) is 5.75 Å². The number of hydrogen-bond acceptors (Lipinski definition) is 8. The van der Waals surface area contributed by atoms with Gasteiger partial charge in [-0.05, 0) is 45.6 Å². The third-order valence-electron chi connectivity index (χ3n) is 9.76. The average molecular weight is 659 g/mol. The molecule has 1 saturated heterocycles. The molecule has 0 radical (unpaired) electrons. The maximum Gasteiger partial charge on any atom is 0.311 e. The first kappa shape index (κ1) is 35.7. The molecule has 13 heteroatoms. The summed E-state index contributed by atoms with van der Waals surface area (Å²) in [4.78, 5) is 60.9. The molecule has 256 valence electrons. The number of carbonyl (C=O) groups is 3. The second-order valence-corrected chi connectivity index (χ2v) is 12.8. The van der Waals surface area contributed by atoms with Crippen molar-refractivity contribution in [1.82, 2.24) is 14.8 Å². The Morgan fingerprint density at radius 2 is 1.87 bits per heavy atom. The van der Waals surface area contributed by atoms with E-state index in [1.807, 2.05) is 20.8 Å². The molecule has 2 amide bonds. The van der Waals surface area contributed by atoms with Gasteiger partial charge in [0.2, 0.25) is 11.2 Å². The number of nitrogens with one attached hydrogen (secondary N) is 1. The minimum Gasteiger partial charge on any atom is -0.484 e. The van der Waals surface area contributed by atoms with E-state index < -0.39 is 57.1 Å². The number of ether oxygens (including phenoxy) is 3. The summed E-state index contributed by atoms with van der Waals surface area (Å²) in [5, 5.41) is 2.53. The minimum absolute atomic E-state index is 0.00648.